The molecule has 4 nitrogen and oxygen atoms in total. The van der Waals surface area contributed by atoms with Gasteiger partial charge in [-0.15, -0.1) is 0 Å². The molecule has 1 heterocycles. The number of rotatable bonds is 4. The minimum Gasteiger partial charge on any atom is -0.389 e. The van der Waals surface area contributed by atoms with Gasteiger partial charge in [0.1, 0.15) is 5.82 Å². The molecule has 1 aliphatic carbocycles. The molecular formula is C24H24ClFN2O2. The Morgan fingerprint density at radius 3 is 2.60 bits per heavy atom. The third-order valence-corrected chi connectivity index (χ3v) is 6.59. The number of aliphatic hydroxyl groups is 1. The van der Waals surface area contributed by atoms with Crippen LogP contribution in [0.5, 0.6) is 0 Å². The van der Waals surface area contributed by atoms with Gasteiger partial charge in [0.15, 0.2) is 0 Å². The monoisotopic (exact) mass is 426 g/mol. The first-order chi connectivity index (χ1) is 14.4. The molecule has 0 saturated heterocycles. The first-order valence-corrected chi connectivity index (χ1v) is 10.6. The highest BCUT2D eigenvalue weighted by molar-refractivity contribution is 6.30. The van der Waals surface area contributed by atoms with Gasteiger partial charge in [-0.1, -0.05) is 18.5 Å². The lowest BCUT2D eigenvalue weighted by molar-refractivity contribution is -0.131. The molecule has 1 aliphatic rings. The van der Waals surface area contributed by atoms with Gasteiger partial charge < -0.3 is 10.4 Å². The Morgan fingerprint density at radius 2 is 1.90 bits per heavy atom. The van der Waals surface area contributed by atoms with E-state index in [0.29, 0.717) is 23.6 Å². The Labute approximate surface area is 180 Å². The Hall–Kier alpha value is -2.50. The minimum absolute atomic E-state index is 0.198. The van der Waals surface area contributed by atoms with E-state index in [4.69, 9.17) is 11.6 Å². The summed E-state index contributed by atoms with van der Waals surface area (Å²) in [4.78, 5) is 17.0. The van der Waals surface area contributed by atoms with Crippen molar-refractivity contribution in [3.8, 4) is 0 Å². The van der Waals surface area contributed by atoms with Gasteiger partial charge in [-0.05, 0) is 85.7 Å². The molecule has 2 N–H and O–H groups in total. The number of anilines is 1. The normalized spacial score (nSPS) is 22.6. The molecule has 1 amide bonds. The standard InChI is InChI=1S/C24H24ClFN2O2/c1-15(23(29)28-19-5-2-17(25)3-6-19)24(30)11-8-16(9-12-24)20-10-13-27-22-7-4-18(26)14-21(20)22/h2-7,10,13-16,30H,8-9,11-12H2,1H3,(H,28,29)/t15?,16-,24+. The Morgan fingerprint density at radius 1 is 1.20 bits per heavy atom. The van der Waals surface area contributed by atoms with E-state index in [1.165, 1.54) is 12.1 Å². The number of hydrogen-bond acceptors (Lipinski definition) is 3. The molecule has 4 rings (SSSR count). The number of benzene rings is 2. The number of carbonyl (C=O) groups excluding carboxylic acids is 1. The van der Waals surface area contributed by atoms with Crippen LogP contribution < -0.4 is 5.32 Å². The number of nitrogens with one attached hydrogen (secondary N) is 1. The molecule has 1 aromatic heterocycles. The van der Waals surface area contributed by atoms with E-state index in [1.54, 1.807) is 43.5 Å². The summed E-state index contributed by atoms with van der Waals surface area (Å²) < 4.78 is 13.8. The summed E-state index contributed by atoms with van der Waals surface area (Å²) in [7, 11) is 0. The van der Waals surface area contributed by atoms with Crippen molar-refractivity contribution in [1.29, 1.82) is 0 Å². The third kappa shape index (κ3) is 4.18. The van der Waals surface area contributed by atoms with Crippen molar-refractivity contribution in [3.05, 3.63) is 71.1 Å². The van der Waals surface area contributed by atoms with E-state index in [0.717, 1.165) is 29.3 Å². The smallest absolute Gasteiger partial charge is 0.230 e. The van der Waals surface area contributed by atoms with Crippen LogP contribution in [0.15, 0.2) is 54.7 Å². The molecule has 30 heavy (non-hydrogen) atoms. The van der Waals surface area contributed by atoms with Gasteiger partial charge in [-0.2, -0.15) is 0 Å². The van der Waals surface area contributed by atoms with E-state index < -0.39 is 11.5 Å². The van der Waals surface area contributed by atoms with Crippen molar-refractivity contribution in [2.75, 3.05) is 5.32 Å². The number of aromatic nitrogens is 1. The summed E-state index contributed by atoms with van der Waals surface area (Å²) in [5.74, 6) is -0.851. The molecule has 0 spiro atoms. The topological polar surface area (TPSA) is 62.2 Å². The van der Waals surface area contributed by atoms with E-state index in [2.05, 4.69) is 10.3 Å². The summed E-state index contributed by atoms with van der Waals surface area (Å²) in [6.45, 7) is 1.77. The van der Waals surface area contributed by atoms with Gasteiger partial charge in [-0.25, -0.2) is 4.39 Å². The van der Waals surface area contributed by atoms with Crippen LogP contribution >= 0.6 is 11.6 Å². The van der Waals surface area contributed by atoms with Gasteiger partial charge >= 0.3 is 0 Å². The van der Waals surface area contributed by atoms with Crippen LogP contribution in [0.1, 0.15) is 44.1 Å². The van der Waals surface area contributed by atoms with Crippen LogP contribution in [0.25, 0.3) is 10.9 Å². The Bertz CT molecular complexity index is 1060. The zero-order chi connectivity index (χ0) is 21.3. The zero-order valence-corrected chi connectivity index (χ0v) is 17.5. The molecule has 6 heteroatoms. The summed E-state index contributed by atoms with van der Waals surface area (Å²) in [5, 5.41) is 15.5. The van der Waals surface area contributed by atoms with Crippen molar-refractivity contribution in [2.45, 2.75) is 44.1 Å². The first kappa shape index (κ1) is 20.8. The first-order valence-electron chi connectivity index (χ1n) is 10.2. The largest absolute Gasteiger partial charge is 0.389 e. The molecule has 1 atom stereocenters. The minimum atomic E-state index is -1.07. The van der Waals surface area contributed by atoms with Crippen molar-refractivity contribution in [3.63, 3.8) is 0 Å². The predicted octanol–water partition coefficient (Wildman–Crippen LogP) is 5.69. The summed E-state index contributed by atoms with van der Waals surface area (Å²) in [6.07, 6.45) is 4.21. The van der Waals surface area contributed by atoms with Crippen LogP contribution in [-0.4, -0.2) is 21.6 Å². The van der Waals surface area contributed by atoms with Crippen LogP contribution in [0.2, 0.25) is 5.02 Å². The lowest BCUT2D eigenvalue weighted by Crippen LogP contribution is -2.45. The highest BCUT2D eigenvalue weighted by Gasteiger charge is 2.41. The number of hydrogen-bond donors (Lipinski definition) is 2. The maximum absolute atomic E-state index is 13.8. The van der Waals surface area contributed by atoms with Crippen LogP contribution in [-0.2, 0) is 4.79 Å². The maximum atomic E-state index is 13.8. The molecule has 1 saturated carbocycles. The van der Waals surface area contributed by atoms with Crippen molar-refractivity contribution in [1.82, 2.24) is 4.98 Å². The highest BCUT2D eigenvalue weighted by atomic mass is 35.5. The number of pyridine rings is 1. The summed E-state index contributed by atoms with van der Waals surface area (Å²) >= 11 is 5.89. The van der Waals surface area contributed by atoms with Crippen molar-refractivity contribution >= 4 is 34.1 Å². The SMILES string of the molecule is CC(C(=O)Nc1ccc(Cl)cc1)[C@]1(O)CC[C@@H](c2ccnc3ccc(F)cc32)CC1. The number of nitrogens with zero attached hydrogens (tertiary/aromatic N) is 1. The average Bonchev–Trinajstić information content (AvgIpc) is 2.75. The molecular weight excluding hydrogens is 403 g/mol. The van der Waals surface area contributed by atoms with E-state index in [9.17, 15) is 14.3 Å². The lowest BCUT2D eigenvalue weighted by atomic mass is 9.70. The van der Waals surface area contributed by atoms with Crippen molar-refractivity contribution in [2.24, 2.45) is 5.92 Å². The molecule has 0 radical (unpaired) electrons. The fourth-order valence-corrected chi connectivity index (χ4v) is 4.51. The molecule has 156 valence electrons. The van der Waals surface area contributed by atoms with Crippen molar-refractivity contribution < 1.29 is 14.3 Å². The fourth-order valence-electron chi connectivity index (χ4n) is 4.39. The molecule has 0 bridgehead atoms. The second kappa shape index (κ2) is 8.32. The maximum Gasteiger partial charge on any atom is 0.230 e. The highest BCUT2D eigenvalue weighted by Crippen LogP contribution is 2.43. The number of fused-ring (bicyclic) bond motifs is 1. The lowest BCUT2D eigenvalue weighted by Gasteiger charge is -2.40. The van der Waals surface area contributed by atoms with Gasteiger partial charge in [0.25, 0.3) is 0 Å². The molecule has 1 unspecified atom stereocenters. The van der Waals surface area contributed by atoms with Crippen LogP contribution in [0.4, 0.5) is 10.1 Å². The third-order valence-electron chi connectivity index (χ3n) is 6.34. The van der Waals surface area contributed by atoms with E-state index in [1.807, 2.05) is 6.07 Å². The molecule has 1 fully saturated rings. The molecule has 0 aliphatic heterocycles. The number of carbonyl (C=O) groups is 1. The van der Waals surface area contributed by atoms with Gasteiger partial charge in [0, 0.05) is 22.3 Å². The summed E-state index contributed by atoms with van der Waals surface area (Å²) in [5.41, 5.74) is 1.41. The van der Waals surface area contributed by atoms with Gasteiger partial charge in [-0.3, -0.25) is 9.78 Å². The van der Waals surface area contributed by atoms with E-state index >= 15 is 0 Å². The van der Waals surface area contributed by atoms with E-state index in [-0.39, 0.29) is 17.6 Å². The Kier molecular flexibility index (Phi) is 5.76. The second-order valence-corrected chi connectivity index (χ2v) is 8.59. The predicted molar refractivity (Wildman–Crippen MR) is 117 cm³/mol. The fraction of sp³-hybridized carbons (Fsp3) is 0.333. The second-order valence-electron chi connectivity index (χ2n) is 8.16. The van der Waals surface area contributed by atoms with Crippen LogP contribution in [0.3, 0.4) is 0 Å². The zero-order valence-electron chi connectivity index (χ0n) is 16.7. The summed E-state index contributed by atoms with van der Waals surface area (Å²) in [6, 6.07) is 13.5. The molecule has 2 aromatic carbocycles. The number of amides is 1. The van der Waals surface area contributed by atoms with Gasteiger partial charge in [0.2, 0.25) is 5.91 Å². The quantitative estimate of drug-likeness (QED) is 0.563. The average molecular weight is 427 g/mol. The van der Waals surface area contributed by atoms with Crippen LogP contribution in [0, 0.1) is 11.7 Å². The van der Waals surface area contributed by atoms with Gasteiger partial charge in [0.05, 0.1) is 17.0 Å². The number of halogens is 2. The Balaban J connectivity index is 1.46. The molecule has 3 aromatic rings.